The molecule has 0 aliphatic heterocycles. The molecule has 1 N–H and O–H groups in total. The molecule has 1 atom stereocenters. The minimum absolute atomic E-state index is 0.219. The topological polar surface area (TPSA) is 55.1 Å². The maximum absolute atomic E-state index is 13.5. The van der Waals surface area contributed by atoms with Crippen molar-refractivity contribution in [3.05, 3.63) is 54.3 Å². The minimum atomic E-state index is -1.39. The van der Waals surface area contributed by atoms with Gasteiger partial charge in [-0.3, -0.25) is 4.21 Å². The highest BCUT2D eigenvalue weighted by molar-refractivity contribution is 7.85. The summed E-state index contributed by atoms with van der Waals surface area (Å²) in [4.78, 5) is 4.47. The van der Waals surface area contributed by atoms with E-state index in [-0.39, 0.29) is 10.6 Å². The molecule has 21 heavy (non-hydrogen) atoms. The molecule has 0 saturated carbocycles. The van der Waals surface area contributed by atoms with Crippen LogP contribution in [-0.2, 0) is 10.8 Å². The normalized spacial score (nSPS) is 12.4. The number of rotatable bonds is 5. The van der Waals surface area contributed by atoms with Crippen molar-refractivity contribution in [2.75, 3.05) is 17.6 Å². The molecule has 2 aromatic carbocycles. The van der Waals surface area contributed by atoms with E-state index in [9.17, 15) is 8.60 Å². The number of benzene rings is 2. The van der Waals surface area contributed by atoms with Crippen LogP contribution in [0.15, 0.2) is 57.8 Å². The summed E-state index contributed by atoms with van der Waals surface area (Å²) in [5.74, 6) is -0.169. The molecule has 0 unspecified atom stereocenters. The van der Waals surface area contributed by atoms with Gasteiger partial charge >= 0.3 is 0 Å². The highest BCUT2D eigenvalue weighted by atomic mass is 32.2. The summed E-state index contributed by atoms with van der Waals surface area (Å²) in [7, 11) is -1.39. The lowest BCUT2D eigenvalue weighted by Gasteiger charge is -2.03. The number of para-hydroxylation sites is 2. The van der Waals surface area contributed by atoms with E-state index in [1.54, 1.807) is 12.1 Å². The summed E-state index contributed by atoms with van der Waals surface area (Å²) in [5, 5.41) is 2.96. The Balaban J connectivity index is 1.61. The third-order valence-corrected chi connectivity index (χ3v) is 4.34. The predicted octanol–water partition coefficient (Wildman–Crippen LogP) is 3.19. The van der Waals surface area contributed by atoms with Crippen LogP contribution < -0.4 is 5.32 Å². The van der Waals surface area contributed by atoms with Crippen LogP contribution in [0.25, 0.3) is 11.1 Å². The van der Waals surface area contributed by atoms with E-state index in [1.165, 1.54) is 12.1 Å². The number of nitrogens with zero attached hydrogens (tertiary/aromatic N) is 1. The monoisotopic (exact) mass is 304 g/mol. The van der Waals surface area contributed by atoms with E-state index in [1.807, 2.05) is 24.3 Å². The molecule has 0 amide bonds. The quantitative estimate of drug-likeness (QED) is 0.786. The van der Waals surface area contributed by atoms with Gasteiger partial charge in [-0.25, -0.2) is 4.39 Å². The first-order valence-corrected chi connectivity index (χ1v) is 7.78. The van der Waals surface area contributed by atoms with Crippen molar-refractivity contribution in [1.82, 2.24) is 4.98 Å². The van der Waals surface area contributed by atoms with E-state index in [0.717, 1.165) is 5.52 Å². The first-order valence-electron chi connectivity index (χ1n) is 6.46. The fourth-order valence-corrected chi connectivity index (χ4v) is 2.96. The van der Waals surface area contributed by atoms with Gasteiger partial charge in [-0.15, -0.1) is 0 Å². The van der Waals surface area contributed by atoms with E-state index < -0.39 is 16.6 Å². The van der Waals surface area contributed by atoms with Crippen molar-refractivity contribution in [2.24, 2.45) is 0 Å². The molecule has 1 heterocycles. The molecule has 0 saturated heterocycles. The molecule has 3 rings (SSSR count). The largest absolute Gasteiger partial charge is 0.424 e. The van der Waals surface area contributed by atoms with Crippen LogP contribution in [0.5, 0.6) is 0 Å². The Kier molecular flexibility index (Phi) is 3.96. The average Bonchev–Trinajstić information content (AvgIpc) is 2.90. The lowest BCUT2D eigenvalue weighted by atomic mass is 10.3. The van der Waals surface area contributed by atoms with Gasteiger partial charge in [0.2, 0.25) is 0 Å². The number of hydrogen-bond donors (Lipinski definition) is 1. The van der Waals surface area contributed by atoms with Crippen molar-refractivity contribution in [1.29, 1.82) is 0 Å². The molecular weight excluding hydrogens is 291 g/mol. The summed E-state index contributed by atoms with van der Waals surface area (Å²) >= 11 is 0. The Hall–Kier alpha value is -2.21. The van der Waals surface area contributed by atoms with Crippen LogP contribution in [0.2, 0.25) is 0 Å². The molecule has 1 aromatic heterocycles. The van der Waals surface area contributed by atoms with Crippen molar-refractivity contribution < 1.29 is 13.0 Å². The van der Waals surface area contributed by atoms with Gasteiger partial charge in [-0.05, 0) is 24.3 Å². The van der Waals surface area contributed by atoms with Gasteiger partial charge in [0, 0.05) is 12.3 Å². The number of oxazole rings is 1. The van der Waals surface area contributed by atoms with Crippen molar-refractivity contribution in [3.8, 4) is 0 Å². The first-order chi connectivity index (χ1) is 10.2. The third kappa shape index (κ3) is 3.11. The van der Waals surface area contributed by atoms with Crippen molar-refractivity contribution >= 4 is 27.9 Å². The van der Waals surface area contributed by atoms with Gasteiger partial charge < -0.3 is 9.73 Å². The molecule has 108 valence electrons. The van der Waals surface area contributed by atoms with Gasteiger partial charge in [0.25, 0.3) is 6.01 Å². The van der Waals surface area contributed by atoms with Crippen LogP contribution in [0.1, 0.15) is 0 Å². The Morgan fingerprint density at radius 2 is 1.90 bits per heavy atom. The minimum Gasteiger partial charge on any atom is -0.424 e. The lowest BCUT2D eigenvalue weighted by molar-refractivity contribution is 0.595. The molecule has 0 fully saturated rings. The molecule has 6 heteroatoms. The molecular formula is C15H13FN2O2S. The highest BCUT2D eigenvalue weighted by Gasteiger charge is 2.10. The Labute approximate surface area is 123 Å². The van der Waals surface area contributed by atoms with Gasteiger partial charge in [-0.2, -0.15) is 4.98 Å². The fraction of sp³-hybridized carbons (Fsp3) is 0.133. The van der Waals surface area contributed by atoms with Gasteiger partial charge in [-0.1, -0.05) is 24.3 Å². The van der Waals surface area contributed by atoms with E-state index in [4.69, 9.17) is 4.42 Å². The van der Waals surface area contributed by atoms with E-state index >= 15 is 0 Å². The summed E-state index contributed by atoms with van der Waals surface area (Å²) in [6.07, 6.45) is 0. The summed E-state index contributed by atoms with van der Waals surface area (Å²) < 4.78 is 31.0. The fourth-order valence-electron chi connectivity index (χ4n) is 1.94. The van der Waals surface area contributed by atoms with Gasteiger partial charge in [0.1, 0.15) is 11.3 Å². The SMILES string of the molecule is O=[S@@](CCNc1nc2ccccc2o1)c1ccccc1F. The second kappa shape index (κ2) is 6.05. The molecule has 0 aliphatic rings. The first kappa shape index (κ1) is 13.8. The Morgan fingerprint density at radius 1 is 1.14 bits per heavy atom. The smallest absolute Gasteiger partial charge is 0.295 e. The van der Waals surface area contributed by atoms with Gasteiger partial charge in [0.05, 0.1) is 15.7 Å². The molecule has 0 spiro atoms. The second-order valence-electron chi connectivity index (χ2n) is 4.39. The highest BCUT2D eigenvalue weighted by Crippen LogP contribution is 2.18. The zero-order chi connectivity index (χ0) is 14.7. The molecule has 0 radical (unpaired) electrons. The standard InChI is InChI=1S/C15H13FN2O2S/c16-11-5-1-4-8-14(11)21(19)10-9-17-15-18-12-6-2-3-7-13(12)20-15/h1-8H,9-10H2,(H,17,18)/t21-/m0/s1. The molecule has 3 aromatic rings. The summed E-state index contributed by atoms with van der Waals surface area (Å²) in [6, 6.07) is 13.9. The van der Waals surface area contributed by atoms with E-state index in [0.29, 0.717) is 18.1 Å². The second-order valence-corrected chi connectivity index (χ2v) is 5.93. The maximum atomic E-state index is 13.5. The zero-order valence-corrected chi connectivity index (χ0v) is 11.9. The Morgan fingerprint density at radius 3 is 2.71 bits per heavy atom. The summed E-state index contributed by atoms with van der Waals surface area (Å²) in [5.41, 5.74) is 1.45. The Bertz CT molecular complexity index is 755. The molecule has 0 bridgehead atoms. The summed E-state index contributed by atoms with van der Waals surface area (Å²) in [6.45, 7) is 0.383. The number of aromatic nitrogens is 1. The maximum Gasteiger partial charge on any atom is 0.295 e. The van der Waals surface area contributed by atoms with Crippen LogP contribution in [-0.4, -0.2) is 21.5 Å². The van der Waals surface area contributed by atoms with Crippen LogP contribution in [0.4, 0.5) is 10.4 Å². The zero-order valence-electron chi connectivity index (χ0n) is 11.1. The lowest BCUT2D eigenvalue weighted by Crippen LogP contribution is -2.12. The number of nitrogens with one attached hydrogen (secondary N) is 1. The number of hydrogen-bond acceptors (Lipinski definition) is 4. The van der Waals surface area contributed by atoms with Crippen LogP contribution in [0.3, 0.4) is 0 Å². The van der Waals surface area contributed by atoms with E-state index in [2.05, 4.69) is 10.3 Å². The van der Waals surface area contributed by atoms with Crippen molar-refractivity contribution in [3.63, 3.8) is 0 Å². The third-order valence-electron chi connectivity index (χ3n) is 2.94. The number of halogens is 1. The number of anilines is 1. The van der Waals surface area contributed by atoms with Gasteiger partial charge in [0.15, 0.2) is 5.58 Å². The van der Waals surface area contributed by atoms with Crippen LogP contribution in [0, 0.1) is 5.82 Å². The predicted molar refractivity (Wildman–Crippen MR) is 80.2 cm³/mol. The van der Waals surface area contributed by atoms with Crippen LogP contribution >= 0.6 is 0 Å². The van der Waals surface area contributed by atoms with Crippen molar-refractivity contribution in [2.45, 2.75) is 4.90 Å². The molecule has 0 aliphatic carbocycles. The molecule has 4 nitrogen and oxygen atoms in total. The average molecular weight is 304 g/mol. The number of fused-ring (bicyclic) bond motifs is 1.